The lowest BCUT2D eigenvalue weighted by Gasteiger charge is -2.40. The number of aliphatic hydroxyl groups is 1. The molecule has 8 nitrogen and oxygen atoms in total. The number of hydrogen-bond acceptors (Lipinski definition) is 8. The first-order valence-electron chi connectivity index (χ1n) is 20.0. The molecule has 1 N–H and O–H groups in total. The second kappa shape index (κ2) is 16.4. The highest BCUT2D eigenvalue weighted by Crippen LogP contribution is 2.51. The van der Waals surface area contributed by atoms with Crippen LogP contribution in [0, 0.1) is 11.2 Å². The zero-order valence-electron chi connectivity index (χ0n) is 32.3. The van der Waals surface area contributed by atoms with E-state index >= 15 is 4.39 Å². The van der Waals surface area contributed by atoms with Crippen molar-refractivity contribution in [2.24, 2.45) is 5.41 Å². The van der Waals surface area contributed by atoms with Gasteiger partial charge in [0.25, 0.3) is 0 Å². The van der Waals surface area contributed by atoms with Gasteiger partial charge in [-0.2, -0.15) is 13.2 Å². The molecule has 0 amide bonds. The number of aliphatic hydroxyl groups excluding tert-OH is 1. The van der Waals surface area contributed by atoms with Gasteiger partial charge in [-0.05, 0) is 105 Å². The average molecular weight is 791 g/mol. The van der Waals surface area contributed by atoms with Crippen molar-refractivity contribution in [2.75, 3.05) is 31.2 Å². The summed E-state index contributed by atoms with van der Waals surface area (Å²) >= 11 is 0. The van der Waals surface area contributed by atoms with E-state index in [1.54, 1.807) is 12.4 Å². The summed E-state index contributed by atoms with van der Waals surface area (Å²) in [7, 11) is 0. The predicted octanol–water partition coefficient (Wildman–Crippen LogP) is 9.61. The normalized spacial score (nSPS) is 23.8. The first-order valence-corrected chi connectivity index (χ1v) is 20.0. The van der Waals surface area contributed by atoms with Crippen LogP contribution in [-0.2, 0) is 28.5 Å². The molecule has 7 rings (SSSR count). The molecule has 2 aliphatic heterocycles. The van der Waals surface area contributed by atoms with Gasteiger partial charge in [0.2, 0.25) is 11.9 Å². The molecule has 0 spiro atoms. The van der Waals surface area contributed by atoms with Crippen LogP contribution >= 0.6 is 0 Å². The van der Waals surface area contributed by atoms with Crippen LogP contribution in [0.2, 0.25) is 0 Å². The largest absolute Gasteiger partial charge is 0.488 e. The number of benzene rings is 1. The summed E-state index contributed by atoms with van der Waals surface area (Å²) in [5.41, 5.74) is 2.13. The van der Waals surface area contributed by atoms with Gasteiger partial charge in [0.1, 0.15) is 12.4 Å². The van der Waals surface area contributed by atoms with E-state index in [1.807, 2.05) is 6.92 Å². The van der Waals surface area contributed by atoms with Crippen LogP contribution in [0.4, 0.5) is 32.3 Å². The number of alkyl halides is 5. The summed E-state index contributed by atoms with van der Waals surface area (Å²) in [5, 5.41) is 11.7. The second-order valence-electron chi connectivity index (χ2n) is 17.0. The maximum absolute atomic E-state index is 15.6. The molecule has 0 radical (unpaired) electrons. The molecule has 0 unspecified atom stereocenters. The number of pyridine rings is 1. The van der Waals surface area contributed by atoms with Gasteiger partial charge < -0.3 is 24.2 Å². The fraction of sp³-hybridized carbons (Fsp3) is 0.643. The number of fused-ring (bicyclic) bond motifs is 1. The molecule has 4 aliphatic rings. The van der Waals surface area contributed by atoms with Crippen molar-refractivity contribution in [2.45, 2.75) is 140 Å². The Balaban J connectivity index is 1.15. The Morgan fingerprint density at radius 1 is 0.982 bits per heavy atom. The van der Waals surface area contributed by atoms with Gasteiger partial charge in [0.05, 0.1) is 30.2 Å². The van der Waals surface area contributed by atoms with E-state index in [9.17, 15) is 27.1 Å². The minimum atomic E-state index is -4.71. The quantitative estimate of drug-likeness (QED) is 0.203. The van der Waals surface area contributed by atoms with Crippen LogP contribution in [0.1, 0.15) is 142 Å². The summed E-state index contributed by atoms with van der Waals surface area (Å²) in [4.78, 5) is 16.4. The minimum absolute atomic E-state index is 0.0606. The minimum Gasteiger partial charge on any atom is -0.488 e. The van der Waals surface area contributed by atoms with Crippen molar-refractivity contribution in [1.82, 2.24) is 15.0 Å². The van der Waals surface area contributed by atoms with E-state index < -0.39 is 29.6 Å². The lowest BCUT2D eigenvalue weighted by molar-refractivity contribution is -0.189. The van der Waals surface area contributed by atoms with Gasteiger partial charge in [-0.15, -0.1) is 0 Å². The van der Waals surface area contributed by atoms with Gasteiger partial charge in [0, 0.05) is 61.8 Å². The highest BCUT2D eigenvalue weighted by Gasteiger charge is 2.42. The second-order valence-corrected chi connectivity index (χ2v) is 17.0. The maximum atomic E-state index is 15.6. The van der Waals surface area contributed by atoms with Gasteiger partial charge in [-0.1, -0.05) is 19.9 Å². The van der Waals surface area contributed by atoms with Crippen LogP contribution in [0.15, 0.2) is 30.6 Å². The van der Waals surface area contributed by atoms with Gasteiger partial charge in [-0.25, -0.2) is 23.1 Å². The third-order valence-electron chi connectivity index (χ3n) is 11.9. The standard InChI is InChI=1S/C42H52F6N4O4/c1-25(56-35-6-4-5-17-54-35)24-55-30-22-49-39(50-23-30)52-15-11-27(12-16-52)38-31(18-28-7-8-29(19-32(28)43)42(46,47)48)36(26-9-13-41(44,45)14-10-26)37-33(51-38)20-40(2,3)21-34(37)53/h7-8,19,22-23,25-27,34-35,53H,4-6,9-18,20-21,24H2,1-3H3/t25-,34-,35-/m0/s1. The van der Waals surface area contributed by atoms with Crippen molar-refractivity contribution in [3.8, 4) is 5.75 Å². The Bertz CT molecular complexity index is 1820. The van der Waals surface area contributed by atoms with E-state index in [4.69, 9.17) is 19.2 Å². The molecule has 14 heteroatoms. The number of rotatable bonds is 10. The molecule has 56 heavy (non-hydrogen) atoms. The lowest BCUT2D eigenvalue weighted by atomic mass is 9.68. The predicted molar refractivity (Wildman–Crippen MR) is 198 cm³/mol. The van der Waals surface area contributed by atoms with Crippen molar-refractivity contribution in [1.29, 1.82) is 0 Å². The highest BCUT2D eigenvalue weighted by atomic mass is 19.4. The van der Waals surface area contributed by atoms with Gasteiger partial charge in [-0.3, -0.25) is 4.98 Å². The number of anilines is 1. The number of nitrogens with zero attached hydrogens (tertiary/aromatic N) is 4. The molecule has 1 aromatic carbocycles. The van der Waals surface area contributed by atoms with Crippen LogP contribution < -0.4 is 9.64 Å². The maximum Gasteiger partial charge on any atom is 0.416 e. The molecule has 3 atom stereocenters. The van der Waals surface area contributed by atoms with Crippen molar-refractivity contribution >= 4 is 5.95 Å². The highest BCUT2D eigenvalue weighted by molar-refractivity contribution is 5.50. The van der Waals surface area contributed by atoms with Crippen LogP contribution in [0.25, 0.3) is 0 Å². The van der Waals surface area contributed by atoms with Gasteiger partial charge in [0.15, 0.2) is 12.0 Å². The average Bonchev–Trinajstić information content (AvgIpc) is 3.14. The monoisotopic (exact) mass is 790 g/mol. The fourth-order valence-electron chi connectivity index (χ4n) is 8.99. The topological polar surface area (TPSA) is 89.8 Å². The first-order chi connectivity index (χ1) is 26.5. The molecule has 3 aromatic rings. The lowest BCUT2D eigenvalue weighted by Crippen LogP contribution is -2.36. The number of halogens is 6. The zero-order valence-corrected chi connectivity index (χ0v) is 32.3. The van der Waals surface area contributed by atoms with Crippen molar-refractivity contribution < 1.29 is 45.7 Å². The molecule has 306 valence electrons. The van der Waals surface area contributed by atoms with Gasteiger partial charge >= 0.3 is 6.18 Å². The van der Waals surface area contributed by atoms with Crippen LogP contribution in [0.3, 0.4) is 0 Å². The summed E-state index contributed by atoms with van der Waals surface area (Å²) < 4.78 is 103. The van der Waals surface area contributed by atoms with Crippen molar-refractivity contribution in [3.05, 3.63) is 75.6 Å². The number of aromatic nitrogens is 3. The Hall–Kier alpha value is -3.49. The van der Waals surface area contributed by atoms with Crippen LogP contribution in [0.5, 0.6) is 5.75 Å². The Morgan fingerprint density at radius 3 is 2.34 bits per heavy atom. The molecule has 3 fully saturated rings. The molecule has 4 heterocycles. The Labute approximate surface area is 324 Å². The fourth-order valence-corrected chi connectivity index (χ4v) is 8.99. The summed E-state index contributed by atoms with van der Waals surface area (Å²) in [6.45, 7) is 8.21. The molecular weight excluding hydrogens is 738 g/mol. The third kappa shape index (κ3) is 9.44. The SMILES string of the molecule is C[C@@H](COc1cnc(N2CCC(c3nc4c(c(C5CCC(F)(F)CC5)c3Cc3ccc(C(F)(F)F)cc3F)[C@@H](O)CC(C)(C)C4)CC2)nc1)O[C@H]1CCCCO1. The molecule has 2 aliphatic carbocycles. The first kappa shape index (κ1) is 40.7. The molecule has 1 saturated carbocycles. The Morgan fingerprint density at radius 2 is 1.70 bits per heavy atom. The summed E-state index contributed by atoms with van der Waals surface area (Å²) in [6, 6.07) is 2.54. The van der Waals surface area contributed by atoms with E-state index in [-0.39, 0.29) is 67.3 Å². The van der Waals surface area contributed by atoms with E-state index in [1.165, 1.54) is 0 Å². The van der Waals surface area contributed by atoms with E-state index in [0.717, 1.165) is 42.7 Å². The number of ether oxygens (including phenoxy) is 3. The van der Waals surface area contributed by atoms with E-state index in [0.29, 0.717) is 86.6 Å². The van der Waals surface area contributed by atoms with Crippen LogP contribution in [-0.4, -0.2) is 64.7 Å². The Kier molecular flexibility index (Phi) is 11.9. The number of hydrogen-bond donors (Lipinski definition) is 1. The zero-order chi connectivity index (χ0) is 39.8. The summed E-state index contributed by atoms with van der Waals surface area (Å²) in [6.07, 6.45) is 2.16. The molecule has 2 saturated heterocycles. The number of piperidine rings is 1. The smallest absolute Gasteiger partial charge is 0.416 e. The third-order valence-corrected chi connectivity index (χ3v) is 11.9. The van der Waals surface area contributed by atoms with E-state index in [2.05, 4.69) is 28.7 Å². The molecular formula is C42H52F6N4O4. The molecule has 0 bridgehead atoms. The summed E-state index contributed by atoms with van der Waals surface area (Å²) in [5.74, 6) is -3.20. The van der Waals surface area contributed by atoms with Crippen molar-refractivity contribution in [3.63, 3.8) is 0 Å². The molecule has 2 aromatic heterocycles.